The van der Waals surface area contributed by atoms with E-state index in [0.717, 1.165) is 65.7 Å². The number of amides is 6. The van der Waals surface area contributed by atoms with Gasteiger partial charge in [0.2, 0.25) is 27.7 Å². The van der Waals surface area contributed by atoms with Crippen LogP contribution in [0.1, 0.15) is 161 Å². The second-order valence-corrected chi connectivity index (χ2v) is 31.4. The van der Waals surface area contributed by atoms with Gasteiger partial charge in [0.1, 0.15) is 23.3 Å². The third-order valence-corrected chi connectivity index (χ3v) is 20.0. The molecule has 0 spiro atoms. The Balaban J connectivity index is 0.000000325. The molecule has 6 N–H and O–H groups in total. The molecule has 25 nitrogen and oxygen atoms in total. The van der Waals surface area contributed by atoms with Crippen LogP contribution in [0.3, 0.4) is 0 Å². The van der Waals surface area contributed by atoms with Gasteiger partial charge >= 0.3 is 42.9 Å². The van der Waals surface area contributed by atoms with E-state index in [4.69, 9.17) is 44.5 Å². The standard InChI is InChI=1S/C25H25F3N4O5S.C19H25F3N2O4.C15H18F3NO2.C10H17NO5.C9H10F3N.2ClH/c1-16(18-5-7-20(8-6-18)25(26,27)28)30-23(33)22-15-37-10-9-32(22)24(34)19-3-2-4-21(11-19)38(35,36)31-13-17(12-29)14-31;1-12(13-5-7-14(8-6-13)19(20,21)22)23-16(25)15-11-27-10-9-24(15)17(26)28-18(2,3)4;1-10(19-14(20)12-3-2-8-21-9-12)11-4-6-13(7-5-11)15(16,17)18;1-10(2,3)16-9(14)11-4-5-15-6-7(11)8(12)13;1-6(13)7-2-4-8(5-3-7)9(10,11)12;;/h2-8,11,16-17,22H,9-10,13-15H2,1H3,(H,30,33);5-8,12,15H,9-11H2,1-4H3,(H,23,25);4-7,10,12H,2-3,8-9H2,1H3,(H,19,20);7H,4-6H2,1-3H3,(H,12,13);2-6H,13H2,1H3;2*1H/t16-,22-;12-,15-;10-,12-;7-;6-;;/m11111../s1. The fraction of sp³-hybridized carbons (Fsp3) is 0.513. The van der Waals surface area contributed by atoms with E-state index in [1.807, 2.05) is 6.07 Å². The number of ether oxygens (including phenoxy) is 6. The summed E-state index contributed by atoms with van der Waals surface area (Å²) in [4.78, 5) is 89.8. The molecule has 654 valence electrons. The van der Waals surface area contributed by atoms with Crippen molar-refractivity contribution >= 4 is 76.6 Å². The number of nitrogens with two attached hydrogens (primary N) is 1. The highest BCUT2D eigenvalue weighted by molar-refractivity contribution is 7.89. The summed E-state index contributed by atoms with van der Waals surface area (Å²) in [6, 6.07) is 21.6. The minimum Gasteiger partial charge on any atom is -0.480 e. The highest BCUT2D eigenvalue weighted by atomic mass is 35.5. The molecule has 5 heterocycles. The quantitative estimate of drug-likeness (QED) is 0.0645. The molecule has 0 bridgehead atoms. The van der Waals surface area contributed by atoms with Crippen LogP contribution >= 0.6 is 24.8 Å². The van der Waals surface area contributed by atoms with E-state index in [9.17, 15) is 94.7 Å². The van der Waals surface area contributed by atoms with Crippen molar-refractivity contribution in [3.8, 4) is 6.07 Å². The molecule has 5 aromatic rings. The van der Waals surface area contributed by atoms with Gasteiger partial charge in [-0.15, -0.1) is 24.8 Å². The minimum atomic E-state index is -4.48. The van der Waals surface area contributed by atoms with Crippen LogP contribution in [0.15, 0.2) is 126 Å². The molecule has 10 rings (SSSR count). The lowest BCUT2D eigenvalue weighted by molar-refractivity contribution is -0.149. The molecule has 0 unspecified atom stereocenters. The first kappa shape index (κ1) is 101. The fourth-order valence-electron chi connectivity index (χ4n) is 11.6. The van der Waals surface area contributed by atoms with Gasteiger partial charge in [0.05, 0.1) is 109 Å². The summed E-state index contributed by atoms with van der Waals surface area (Å²) in [5.41, 5.74) is 3.65. The number of carboxylic acids is 1. The van der Waals surface area contributed by atoms with Crippen molar-refractivity contribution in [2.75, 3.05) is 85.6 Å². The largest absolute Gasteiger partial charge is 0.480 e. The predicted molar refractivity (Wildman–Crippen MR) is 409 cm³/mol. The summed E-state index contributed by atoms with van der Waals surface area (Å²) < 4.78 is 209. The zero-order valence-electron chi connectivity index (χ0n) is 66.0. The maximum atomic E-state index is 13.4. The SMILES string of the molecule is CC(C)(C)OC(=O)N1CCOC[C@@H]1C(=O)O.C[C@@H](N)c1ccc(C(F)(F)F)cc1.C[C@@H](NC(=O)[C@@H]1CCCOC1)c1ccc(C(F)(F)F)cc1.C[C@@H](NC(=O)[C@H]1COCCN1C(=O)OC(C)(C)C)c1ccc(C(F)(F)F)cc1.C[C@@H](NC(=O)[C@H]1COCCN1C(=O)c1cccc(S(=O)(=O)N2CC(C#N)C2)c1)c1ccc(C(F)(F)F)cc1.Cl.Cl. The Kier molecular flexibility index (Phi) is 37.6. The Bertz CT molecular complexity index is 4280. The van der Waals surface area contributed by atoms with E-state index in [-0.39, 0.29) is 131 Å². The van der Waals surface area contributed by atoms with Gasteiger partial charge < -0.3 is 60.1 Å². The number of nitrogens with zero attached hydrogens (tertiary/aromatic N) is 5. The maximum absolute atomic E-state index is 13.4. The van der Waals surface area contributed by atoms with Gasteiger partial charge in [-0.3, -0.25) is 29.0 Å². The molecule has 118 heavy (non-hydrogen) atoms. The molecule has 5 fully saturated rings. The lowest BCUT2D eigenvalue weighted by Gasteiger charge is -2.36. The van der Waals surface area contributed by atoms with Crippen LogP contribution < -0.4 is 21.7 Å². The Labute approximate surface area is 687 Å². The number of carbonyl (C=O) groups is 7. The van der Waals surface area contributed by atoms with Crippen molar-refractivity contribution in [3.63, 3.8) is 0 Å². The Morgan fingerprint density at radius 3 is 1.18 bits per heavy atom. The van der Waals surface area contributed by atoms with E-state index in [1.54, 1.807) is 69.2 Å². The van der Waals surface area contributed by atoms with E-state index < -0.39 is 134 Å². The molecule has 5 aliphatic rings. The fourth-order valence-corrected chi connectivity index (χ4v) is 13.2. The average Bonchev–Trinajstić information content (AvgIpc) is 0.771. The van der Waals surface area contributed by atoms with E-state index in [2.05, 4.69) is 16.0 Å². The summed E-state index contributed by atoms with van der Waals surface area (Å²) in [7, 11) is -3.88. The van der Waals surface area contributed by atoms with Crippen LogP contribution in [0, 0.1) is 23.2 Å². The molecule has 6 amide bonds. The van der Waals surface area contributed by atoms with Crippen LogP contribution in [-0.4, -0.2) is 189 Å². The van der Waals surface area contributed by atoms with Crippen molar-refractivity contribution in [3.05, 3.63) is 171 Å². The maximum Gasteiger partial charge on any atom is 0.416 e. The van der Waals surface area contributed by atoms with Gasteiger partial charge in [0.25, 0.3) is 5.91 Å². The summed E-state index contributed by atoms with van der Waals surface area (Å²) in [5, 5.41) is 26.1. The number of rotatable bonds is 14. The number of alkyl halides is 12. The topological polar surface area (TPSA) is 328 Å². The van der Waals surface area contributed by atoms with Crippen LogP contribution in [0.25, 0.3) is 0 Å². The van der Waals surface area contributed by atoms with Gasteiger partial charge in [0.15, 0.2) is 6.04 Å². The molecule has 5 aromatic carbocycles. The summed E-state index contributed by atoms with van der Waals surface area (Å²) in [5.74, 6) is -3.31. The normalized spacial score (nSPS) is 19.1. The van der Waals surface area contributed by atoms with Crippen molar-refractivity contribution in [1.82, 2.24) is 35.0 Å². The summed E-state index contributed by atoms with van der Waals surface area (Å²) in [6.07, 6.45) is -17.1. The summed E-state index contributed by atoms with van der Waals surface area (Å²) in [6.45, 7) is 19.7. The van der Waals surface area contributed by atoms with Gasteiger partial charge in [0, 0.05) is 50.9 Å². The third-order valence-electron chi connectivity index (χ3n) is 18.1. The van der Waals surface area contributed by atoms with Gasteiger partial charge in [-0.1, -0.05) is 54.6 Å². The second-order valence-electron chi connectivity index (χ2n) is 29.5. The average molecular weight is 1750 g/mol. The minimum absolute atomic E-state index is 0. The van der Waals surface area contributed by atoms with E-state index >= 15 is 0 Å². The number of nitrogens with one attached hydrogen (secondary N) is 3. The first-order valence-corrected chi connectivity index (χ1v) is 38.0. The zero-order valence-corrected chi connectivity index (χ0v) is 68.4. The summed E-state index contributed by atoms with van der Waals surface area (Å²) >= 11 is 0. The lowest BCUT2D eigenvalue weighted by atomic mass is 10.00. The number of nitriles is 1. The molecule has 0 saturated carbocycles. The predicted octanol–water partition coefficient (Wildman–Crippen LogP) is 13.7. The van der Waals surface area contributed by atoms with E-state index in [0.29, 0.717) is 42.1 Å². The molecular weight excluding hydrogens is 1650 g/mol. The lowest BCUT2D eigenvalue weighted by Crippen LogP contribution is -2.57. The molecule has 0 radical (unpaired) electrons. The highest BCUT2D eigenvalue weighted by Crippen LogP contribution is 2.35. The third kappa shape index (κ3) is 30.6. The van der Waals surface area contributed by atoms with Crippen LogP contribution in [0.2, 0.25) is 0 Å². The van der Waals surface area contributed by atoms with Gasteiger partial charge in [-0.05, 0) is 171 Å². The first-order valence-electron chi connectivity index (χ1n) is 36.6. The number of halogens is 14. The van der Waals surface area contributed by atoms with Crippen molar-refractivity contribution in [2.24, 2.45) is 17.6 Å². The Morgan fingerprint density at radius 1 is 0.500 bits per heavy atom. The zero-order chi connectivity index (χ0) is 86.6. The van der Waals surface area contributed by atoms with E-state index in [1.165, 1.54) is 87.5 Å². The number of sulfonamides is 1. The van der Waals surface area contributed by atoms with Crippen molar-refractivity contribution < 1.29 is 128 Å². The van der Waals surface area contributed by atoms with Crippen molar-refractivity contribution in [1.29, 1.82) is 5.26 Å². The first-order chi connectivity index (χ1) is 53.9. The van der Waals surface area contributed by atoms with Gasteiger partial charge in [-0.25, -0.2) is 22.8 Å². The molecule has 5 aliphatic heterocycles. The highest BCUT2D eigenvalue weighted by Gasteiger charge is 2.42. The van der Waals surface area contributed by atoms with Crippen molar-refractivity contribution in [2.45, 2.75) is 165 Å². The Hall–Kier alpha value is -9.07. The Morgan fingerprint density at radius 2 is 0.839 bits per heavy atom. The molecular formula is C78H97Cl2F12N9O16S. The number of benzene rings is 5. The van der Waals surface area contributed by atoms with Crippen LogP contribution in [0.4, 0.5) is 62.3 Å². The smallest absolute Gasteiger partial charge is 0.416 e. The number of carbonyl (C=O) groups excluding carboxylic acids is 6. The van der Waals surface area contributed by atoms with Crippen LogP contribution in [0.5, 0.6) is 0 Å². The molecule has 40 heteroatoms. The van der Waals surface area contributed by atoms with Crippen LogP contribution in [-0.2, 0) is 82.3 Å². The number of aliphatic carboxylic acids is 1. The van der Waals surface area contributed by atoms with Gasteiger partial charge in [-0.2, -0.15) is 62.3 Å². The number of hydrogen-bond donors (Lipinski definition) is 5. The molecule has 5 saturated heterocycles. The number of carboxylic acid groups (broad SMARTS) is 1. The molecule has 0 aromatic heterocycles. The molecule has 8 atom stereocenters. The number of morpholine rings is 3. The number of hydrogen-bond acceptors (Lipinski definition) is 17. The monoisotopic (exact) mass is 1750 g/mol. The second kappa shape index (κ2) is 43.8. The molecule has 0 aliphatic carbocycles.